The molecule has 0 aliphatic rings. The van der Waals surface area contributed by atoms with E-state index in [-0.39, 0.29) is 0 Å². The van der Waals surface area contributed by atoms with Gasteiger partial charge in [0, 0.05) is 22.2 Å². The van der Waals surface area contributed by atoms with Gasteiger partial charge in [0.1, 0.15) is 0 Å². The second kappa shape index (κ2) is 5.32. The van der Waals surface area contributed by atoms with Gasteiger partial charge in [0.05, 0.1) is 0 Å². The molecular weight excluding hydrogens is 202 g/mol. The summed E-state index contributed by atoms with van der Waals surface area (Å²) in [4.78, 5) is 1.19. The molecule has 1 aromatic carbocycles. The number of benzene rings is 1. The maximum absolute atomic E-state index is 5.75. The fraction of sp³-hybridized carbons (Fsp3) is 0.200. The zero-order valence-electron chi connectivity index (χ0n) is 7.29. The van der Waals surface area contributed by atoms with Crippen molar-refractivity contribution in [2.24, 2.45) is 5.73 Å². The van der Waals surface area contributed by atoms with Crippen molar-refractivity contribution in [3.05, 3.63) is 41.4 Å². The minimum absolute atomic E-state index is 0.556. The van der Waals surface area contributed by atoms with Gasteiger partial charge in [0.15, 0.2) is 0 Å². The van der Waals surface area contributed by atoms with Crippen LogP contribution in [-0.4, -0.2) is 12.3 Å². The van der Waals surface area contributed by atoms with E-state index < -0.39 is 0 Å². The molecule has 0 aliphatic carbocycles. The van der Waals surface area contributed by atoms with Gasteiger partial charge in [-0.05, 0) is 24.3 Å². The normalized spacial score (nSPS) is 10.0. The fourth-order valence-corrected chi connectivity index (χ4v) is 1.72. The predicted octanol–water partition coefficient (Wildman–Crippen LogP) is 2.95. The molecule has 0 unspecified atom stereocenters. The molecule has 0 atom stereocenters. The van der Waals surface area contributed by atoms with E-state index in [0.29, 0.717) is 6.54 Å². The van der Waals surface area contributed by atoms with Crippen molar-refractivity contribution in [1.29, 1.82) is 0 Å². The van der Waals surface area contributed by atoms with Crippen molar-refractivity contribution in [2.75, 3.05) is 12.3 Å². The van der Waals surface area contributed by atoms with Crippen LogP contribution in [0.15, 0.2) is 41.3 Å². The molecule has 3 heteroatoms. The highest BCUT2D eigenvalue weighted by Crippen LogP contribution is 2.21. The van der Waals surface area contributed by atoms with Gasteiger partial charge in [0.25, 0.3) is 0 Å². The Bertz CT molecular complexity index is 281. The van der Waals surface area contributed by atoms with Crippen LogP contribution in [-0.2, 0) is 0 Å². The van der Waals surface area contributed by atoms with Crippen LogP contribution in [0.5, 0.6) is 0 Å². The lowest BCUT2D eigenvalue weighted by atomic mass is 10.4. The summed E-state index contributed by atoms with van der Waals surface area (Å²) in [6.45, 7) is 4.39. The molecule has 0 saturated carbocycles. The third-order valence-electron chi connectivity index (χ3n) is 1.55. The molecule has 0 saturated heterocycles. The molecule has 0 amide bonds. The number of hydrogen-bond acceptors (Lipinski definition) is 2. The van der Waals surface area contributed by atoms with Crippen LogP contribution in [0.25, 0.3) is 0 Å². The summed E-state index contributed by atoms with van der Waals surface area (Å²) in [6, 6.07) is 7.76. The number of thioether (sulfide) groups is 1. The first-order valence-electron chi connectivity index (χ1n) is 3.97. The molecule has 0 aromatic heterocycles. The Balaban J connectivity index is 2.46. The van der Waals surface area contributed by atoms with Gasteiger partial charge in [0.2, 0.25) is 0 Å². The summed E-state index contributed by atoms with van der Waals surface area (Å²) in [5.74, 6) is 0.873. The van der Waals surface area contributed by atoms with Crippen LogP contribution in [0.3, 0.4) is 0 Å². The number of nitrogens with two attached hydrogens (primary N) is 1. The van der Waals surface area contributed by atoms with Gasteiger partial charge in [-0.25, -0.2) is 0 Å². The van der Waals surface area contributed by atoms with E-state index in [1.54, 1.807) is 11.8 Å². The molecule has 1 rings (SSSR count). The van der Waals surface area contributed by atoms with E-state index in [1.165, 1.54) is 4.90 Å². The van der Waals surface area contributed by atoms with Gasteiger partial charge in [-0.3, -0.25) is 0 Å². The predicted molar refractivity (Wildman–Crippen MR) is 60.4 cm³/mol. The molecule has 0 spiro atoms. The monoisotopic (exact) mass is 213 g/mol. The van der Waals surface area contributed by atoms with Crippen molar-refractivity contribution in [3.63, 3.8) is 0 Å². The Kier molecular flexibility index (Phi) is 4.36. The van der Waals surface area contributed by atoms with Crippen molar-refractivity contribution < 1.29 is 0 Å². The van der Waals surface area contributed by atoms with Crippen molar-refractivity contribution in [2.45, 2.75) is 4.90 Å². The standard InChI is InChI=1S/C10H12ClNS/c1-8(6-12)7-13-10-4-2-9(11)3-5-10/h2-5H,1,6-7,12H2. The quantitative estimate of drug-likeness (QED) is 0.615. The third kappa shape index (κ3) is 3.85. The lowest BCUT2D eigenvalue weighted by molar-refractivity contribution is 1.15. The Morgan fingerprint density at radius 2 is 2.00 bits per heavy atom. The first-order valence-corrected chi connectivity index (χ1v) is 5.34. The molecule has 0 radical (unpaired) electrons. The lowest BCUT2D eigenvalue weighted by Gasteiger charge is -2.02. The zero-order chi connectivity index (χ0) is 9.68. The summed E-state index contributed by atoms with van der Waals surface area (Å²) in [6.07, 6.45) is 0. The van der Waals surface area contributed by atoms with Crippen LogP contribution in [0.4, 0.5) is 0 Å². The second-order valence-corrected chi connectivity index (χ2v) is 4.18. The summed E-state index contributed by atoms with van der Waals surface area (Å²) in [5, 5.41) is 0.766. The molecule has 0 fully saturated rings. The van der Waals surface area contributed by atoms with Gasteiger partial charge >= 0.3 is 0 Å². The molecule has 2 N–H and O–H groups in total. The fourth-order valence-electron chi connectivity index (χ4n) is 0.775. The number of halogens is 1. The molecular formula is C10H12ClNS. The second-order valence-electron chi connectivity index (χ2n) is 2.70. The lowest BCUT2D eigenvalue weighted by Crippen LogP contribution is -2.03. The Morgan fingerprint density at radius 3 is 2.54 bits per heavy atom. The minimum atomic E-state index is 0.556. The van der Waals surface area contributed by atoms with Crippen LogP contribution < -0.4 is 5.73 Å². The highest BCUT2D eigenvalue weighted by Gasteiger charge is 1.95. The number of rotatable bonds is 4. The maximum atomic E-state index is 5.75. The average Bonchev–Trinajstić information content (AvgIpc) is 2.16. The minimum Gasteiger partial charge on any atom is -0.327 e. The first kappa shape index (κ1) is 10.6. The van der Waals surface area contributed by atoms with Crippen LogP contribution >= 0.6 is 23.4 Å². The Morgan fingerprint density at radius 1 is 1.38 bits per heavy atom. The topological polar surface area (TPSA) is 26.0 Å². The van der Waals surface area contributed by atoms with Crippen molar-refractivity contribution in [3.8, 4) is 0 Å². The van der Waals surface area contributed by atoms with E-state index in [9.17, 15) is 0 Å². The smallest absolute Gasteiger partial charge is 0.0406 e. The SMILES string of the molecule is C=C(CN)CSc1ccc(Cl)cc1. The van der Waals surface area contributed by atoms with Crippen molar-refractivity contribution in [1.82, 2.24) is 0 Å². The highest BCUT2D eigenvalue weighted by atomic mass is 35.5. The summed E-state index contributed by atoms with van der Waals surface area (Å²) in [7, 11) is 0. The van der Waals surface area contributed by atoms with Gasteiger partial charge in [-0.15, -0.1) is 11.8 Å². The Hall–Kier alpha value is -0.440. The molecule has 1 aromatic rings. The van der Waals surface area contributed by atoms with Gasteiger partial charge in [-0.1, -0.05) is 23.8 Å². The van der Waals surface area contributed by atoms with E-state index in [0.717, 1.165) is 16.3 Å². The first-order chi connectivity index (χ1) is 6.22. The van der Waals surface area contributed by atoms with Gasteiger partial charge < -0.3 is 5.73 Å². The van der Waals surface area contributed by atoms with Crippen LogP contribution in [0.2, 0.25) is 5.02 Å². The van der Waals surface area contributed by atoms with Crippen LogP contribution in [0, 0.1) is 0 Å². The largest absolute Gasteiger partial charge is 0.327 e. The molecule has 0 heterocycles. The third-order valence-corrected chi connectivity index (χ3v) is 2.96. The summed E-state index contributed by atoms with van der Waals surface area (Å²) >= 11 is 7.48. The van der Waals surface area contributed by atoms with E-state index in [1.807, 2.05) is 24.3 Å². The molecule has 13 heavy (non-hydrogen) atoms. The van der Waals surface area contributed by atoms with Crippen molar-refractivity contribution >= 4 is 23.4 Å². The zero-order valence-corrected chi connectivity index (χ0v) is 8.87. The van der Waals surface area contributed by atoms with E-state index in [2.05, 4.69) is 6.58 Å². The number of hydrogen-bond donors (Lipinski definition) is 1. The average molecular weight is 214 g/mol. The highest BCUT2D eigenvalue weighted by molar-refractivity contribution is 7.99. The summed E-state index contributed by atoms with van der Waals surface area (Å²) in [5.41, 5.74) is 6.48. The molecule has 1 nitrogen and oxygen atoms in total. The molecule has 0 aliphatic heterocycles. The Labute approximate surface area is 88.0 Å². The van der Waals surface area contributed by atoms with Crippen LogP contribution in [0.1, 0.15) is 0 Å². The molecule has 0 bridgehead atoms. The molecule has 70 valence electrons. The van der Waals surface area contributed by atoms with E-state index in [4.69, 9.17) is 17.3 Å². The maximum Gasteiger partial charge on any atom is 0.0406 e. The van der Waals surface area contributed by atoms with E-state index >= 15 is 0 Å². The van der Waals surface area contributed by atoms with Gasteiger partial charge in [-0.2, -0.15) is 0 Å². The summed E-state index contributed by atoms with van der Waals surface area (Å²) < 4.78 is 0.